The molecule has 0 bridgehead atoms. The first-order valence-electron chi connectivity index (χ1n) is 10.3. The second-order valence-electron chi connectivity index (χ2n) is 10.4. The minimum Gasteiger partial charge on any atom is -0.417 e. The number of amides is 1. The van der Waals surface area contributed by atoms with Crippen molar-refractivity contribution in [1.82, 2.24) is 4.90 Å². The number of nitrogens with zero attached hydrogens (tertiary/aromatic N) is 1. The fraction of sp³-hybridized carbons (Fsp3) is 0.952. The number of hydrogen-bond donors (Lipinski definition) is 0. The number of hydrogen-bond acceptors (Lipinski definition) is 2. The van der Waals surface area contributed by atoms with Crippen LogP contribution in [0.1, 0.15) is 86.5 Å². The maximum absolute atomic E-state index is 12.7. The van der Waals surface area contributed by atoms with Gasteiger partial charge in [-0.25, -0.2) is 0 Å². The maximum Gasteiger partial charge on any atom is 0.228 e. The molecule has 0 atom stereocenters. The van der Waals surface area contributed by atoms with Gasteiger partial charge < -0.3 is 9.33 Å². The minimum atomic E-state index is -1.59. The van der Waals surface area contributed by atoms with Crippen molar-refractivity contribution in [3.05, 3.63) is 0 Å². The van der Waals surface area contributed by atoms with Crippen molar-refractivity contribution in [3.63, 3.8) is 0 Å². The average Bonchev–Trinajstić information content (AvgIpc) is 2.39. The van der Waals surface area contributed by atoms with Gasteiger partial charge in [0.2, 0.25) is 5.91 Å². The van der Waals surface area contributed by atoms with Crippen molar-refractivity contribution in [2.24, 2.45) is 5.41 Å². The van der Waals surface area contributed by atoms with Crippen LogP contribution in [0.3, 0.4) is 0 Å². The Morgan fingerprint density at radius 2 is 1.56 bits per heavy atom. The molecule has 0 N–H and O–H groups in total. The average molecular weight is 370 g/mol. The first-order chi connectivity index (χ1) is 11.4. The predicted octanol–water partition coefficient (Wildman–Crippen LogP) is 6.00. The molecule has 0 spiro atoms. The summed E-state index contributed by atoms with van der Waals surface area (Å²) in [6.07, 6.45) is 8.34. The fourth-order valence-corrected chi connectivity index (χ4v) is 3.95. The van der Waals surface area contributed by atoms with Gasteiger partial charge in [0, 0.05) is 24.6 Å². The molecule has 1 aliphatic rings. The van der Waals surface area contributed by atoms with Crippen molar-refractivity contribution in [2.75, 3.05) is 13.2 Å². The van der Waals surface area contributed by atoms with Crippen LogP contribution in [0.5, 0.6) is 0 Å². The third-order valence-corrected chi connectivity index (χ3v) is 10.5. The van der Waals surface area contributed by atoms with Crippen LogP contribution in [0.15, 0.2) is 0 Å². The van der Waals surface area contributed by atoms with Gasteiger partial charge in [0.1, 0.15) is 0 Å². The molecule has 0 radical (unpaired) electrons. The van der Waals surface area contributed by atoms with Crippen LogP contribution in [0, 0.1) is 5.41 Å². The zero-order chi connectivity index (χ0) is 19.3. The lowest BCUT2D eigenvalue weighted by Crippen LogP contribution is -2.49. The van der Waals surface area contributed by atoms with Crippen molar-refractivity contribution in [1.29, 1.82) is 0 Å². The van der Waals surface area contributed by atoms with E-state index < -0.39 is 8.32 Å². The highest BCUT2D eigenvalue weighted by Gasteiger charge is 2.37. The SMILES string of the molecule is CC(C)(C)C(=O)N(CCCCCCO[Si](C)(C)C(C)(C)C)C1CCC1. The fourth-order valence-electron chi connectivity index (χ4n) is 2.86. The van der Waals surface area contributed by atoms with E-state index in [0.717, 1.165) is 26.0 Å². The zero-order valence-electron chi connectivity index (χ0n) is 18.2. The molecule has 1 aliphatic carbocycles. The number of rotatable bonds is 9. The summed E-state index contributed by atoms with van der Waals surface area (Å²) in [7, 11) is -1.59. The van der Waals surface area contributed by atoms with E-state index in [1.165, 1.54) is 32.1 Å². The molecular weight excluding hydrogens is 326 g/mol. The first-order valence-corrected chi connectivity index (χ1v) is 13.2. The summed E-state index contributed by atoms with van der Waals surface area (Å²) in [6.45, 7) is 19.5. The lowest BCUT2D eigenvalue weighted by Gasteiger charge is -2.41. The second-order valence-corrected chi connectivity index (χ2v) is 15.2. The van der Waals surface area contributed by atoms with E-state index in [4.69, 9.17) is 4.43 Å². The molecule has 148 valence electrons. The molecule has 0 aromatic heterocycles. The zero-order valence-corrected chi connectivity index (χ0v) is 19.2. The highest BCUT2D eigenvalue weighted by Crippen LogP contribution is 2.36. The normalized spacial score (nSPS) is 16.6. The highest BCUT2D eigenvalue weighted by atomic mass is 28.4. The Kier molecular flexibility index (Phi) is 8.20. The Morgan fingerprint density at radius 3 is 2.00 bits per heavy atom. The first kappa shape index (κ1) is 22.7. The lowest BCUT2D eigenvalue weighted by molar-refractivity contribution is -0.143. The number of carbonyl (C=O) groups is 1. The number of carbonyl (C=O) groups excluding carboxylic acids is 1. The Labute approximate surface area is 158 Å². The molecule has 1 rings (SSSR count). The van der Waals surface area contributed by atoms with Gasteiger partial charge in [0.05, 0.1) is 0 Å². The minimum absolute atomic E-state index is 0.257. The topological polar surface area (TPSA) is 29.5 Å². The molecule has 0 aromatic rings. The highest BCUT2D eigenvalue weighted by molar-refractivity contribution is 6.74. The van der Waals surface area contributed by atoms with E-state index in [1.807, 2.05) is 20.8 Å². The van der Waals surface area contributed by atoms with Crippen molar-refractivity contribution in [2.45, 2.75) is 111 Å². The molecule has 3 nitrogen and oxygen atoms in total. The lowest BCUT2D eigenvalue weighted by atomic mass is 9.87. The molecule has 0 unspecified atom stereocenters. The molecule has 25 heavy (non-hydrogen) atoms. The molecule has 0 saturated heterocycles. The van der Waals surface area contributed by atoms with Crippen molar-refractivity contribution < 1.29 is 9.22 Å². The smallest absolute Gasteiger partial charge is 0.228 e. The monoisotopic (exact) mass is 369 g/mol. The summed E-state index contributed by atoms with van der Waals surface area (Å²) >= 11 is 0. The Hall–Kier alpha value is -0.353. The van der Waals surface area contributed by atoms with Crippen molar-refractivity contribution in [3.8, 4) is 0 Å². The molecule has 0 aromatic carbocycles. The van der Waals surface area contributed by atoms with E-state index in [0.29, 0.717) is 17.0 Å². The van der Waals surface area contributed by atoms with E-state index in [2.05, 4.69) is 38.8 Å². The summed E-state index contributed by atoms with van der Waals surface area (Å²) < 4.78 is 6.24. The standard InChI is InChI=1S/C21H43NO2Si/c1-20(2,3)19(23)22(18-14-13-15-18)16-11-9-10-12-17-24-25(7,8)21(4,5)6/h18H,9-17H2,1-8H3. The van der Waals surface area contributed by atoms with Gasteiger partial charge >= 0.3 is 0 Å². The summed E-state index contributed by atoms with van der Waals surface area (Å²) in [6, 6.07) is 0.508. The summed E-state index contributed by atoms with van der Waals surface area (Å²) in [5.41, 5.74) is -0.257. The van der Waals surface area contributed by atoms with Crippen LogP contribution in [0.4, 0.5) is 0 Å². The van der Waals surface area contributed by atoms with Gasteiger partial charge in [-0.2, -0.15) is 0 Å². The second kappa shape index (κ2) is 9.03. The van der Waals surface area contributed by atoms with E-state index in [9.17, 15) is 4.79 Å². The van der Waals surface area contributed by atoms with Crippen LogP contribution < -0.4 is 0 Å². The summed E-state index contributed by atoms with van der Waals surface area (Å²) in [4.78, 5) is 14.9. The molecule has 0 aliphatic heterocycles. The van der Waals surface area contributed by atoms with Gasteiger partial charge in [0.15, 0.2) is 8.32 Å². The van der Waals surface area contributed by atoms with Crippen LogP contribution in [0.2, 0.25) is 18.1 Å². The Bertz CT molecular complexity index is 417. The van der Waals surface area contributed by atoms with Crippen LogP contribution >= 0.6 is 0 Å². The predicted molar refractivity (Wildman–Crippen MR) is 110 cm³/mol. The largest absolute Gasteiger partial charge is 0.417 e. The van der Waals surface area contributed by atoms with E-state index in [1.54, 1.807) is 0 Å². The van der Waals surface area contributed by atoms with Gasteiger partial charge in [-0.1, -0.05) is 54.4 Å². The molecule has 1 fully saturated rings. The van der Waals surface area contributed by atoms with Gasteiger partial charge in [0.25, 0.3) is 0 Å². The quantitative estimate of drug-likeness (QED) is 0.369. The third kappa shape index (κ3) is 7.05. The third-order valence-electron chi connectivity index (χ3n) is 5.98. The van der Waals surface area contributed by atoms with Gasteiger partial charge in [-0.15, -0.1) is 0 Å². The molecule has 0 heterocycles. The van der Waals surface area contributed by atoms with Crippen LogP contribution in [-0.4, -0.2) is 38.3 Å². The van der Waals surface area contributed by atoms with Crippen LogP contribution in [-0.2, 0) is 9.22 Å². The Morgan fingerprint density at radius 1 is 1.00 bits per heavy atom. The van der Waals surface area contributed by atoms with Gasteiger partial charge in [-0.3, -0.25) is 4.79 Å². The van der Waals surface area contributed by atoms with Gasteiger partial charge in [-0.05, 0) is 50.2 Å². The maximum atomic E-state index is 12.7. The van der Waals surface area contributed by atoms with Crippen LogP contribution in [0.25, 0.3) is 0 Å². The molecule has 1 amide bonds. The summed E-state index contributed by atoms with van der Waals surface area (Å²) in [5, 5.41) is 0.295. The van der Waals surface area contributed by atoms with Crippen molar-refractivity contribution >= 4 is 14.2 Å². The number of unbranched alkanes of at least 4 members (excludes halogenated alkanes) is 3. The van der Waals surface area contributed by atoms with E-state index in [-0.39, 0.29) is 5.41 Å². The van der Waals surface area contributed by atoms with E-state index >= 15 is 0 Å². The summed E-state index contributed by atoms with van der Waals surface area (Å²) in [5.74, 6) is 0.332. The molecule has 4 heteroatoms. The molecular formula is C21H43NO2Si. The molecule has 1 saturated carbocycles. The Balaban J connectivity index is 2.26.